The van der Waals surface area contributed by atoms with Crippen LogP contribution in [0, 0.1) is 0 Å². The van der Waals surface area contributed by atoms with Gasteiger partial charge in [-0.05, 0) is 58.4 Å². The first-order valence-corrected chi connectivity index (χ1v) is 7.40. The molecule has 1 aliphatic rings. The van der Waals surface area contributed by atoms with E-state index < -0.39 is 11.7 Å². The maximum absolute atomic E-state index is 13.2. The van der Waals surface area contributed by atoms with Crippen molar-refractivity contribution in [1.82, 2.24) is 5.32 Å². The molecule has 2 nitrogen and oxygen atoms in total. The molecule has 0 radical (unpaired) electrons. The molecule has 2 atom stereocenters. The number of rotatable bonds is 4. The lowest BCUT2D eigenvalue weighted by Crippen LogP contribution is -2.41. The van der Waals surface area contributed by atoms with Crippen LogP contribution in [0.1, 0.15) is 38.3 Å². The molecule has 5 heteroatoms. The van der Waals surface area contributed by atoms with Gasteiger partial charge in [-0.25, -0.2) is 0 Å². The second-order valence-corrected chi connectivity index (χ2v) is 6.09. The molecule has 21 heavy (non-hydrogen) atoms. The monoisotopic (exact) mass is 300 g/mol. The summed E-state index contributed by atoms with van der Waals surface area (Å²) in [5.41, 5.74) is 0.713. The molecule has 0 spiro atoms. The number of benzene rings is 1. The van der Waals surface area contributed by atoms with E-state index in [0.717, 1.165) is 12.1 Å². The Morgan fingerprint density at radius 1 is 1.29 bits per heavy atom. The first kappa shape index (κ1) is 16.1. The zero-order valence-corrected chi connectivity index (χ0v) is 13.0. The molecule has 1 aliphatic heterocycles. The highest BCUT2D eigenvalue weighted by Gasteiger charge is 2.40. The Morgan fingerprint density at radius 3 is 2.48 bits per heavy atom. The molecule has 118 valence electrons. The van der Waals surface area contributed by atoms with E-state index in [9.17, 15) is 13.2 Å². The molecule has 0 saturated carbocycles. The van der Waals surface area contributed by atoms with Crippen LogP contribution in [0.15, 0.2) is 18.2 Å². The number of halogens is 3. The van der Waals surface area contributed by atoms with E-state index in [1.807, 2.05) is 27.0 Å². The Kier molecular flexibility index (Phi) is 4.51. The number of fused-ring (bicyclic) bond motifs is 1. The van der Waals surface area contributed by atoms with E-state index in [0.29, 0.717) is 12.0 Å². The quantitative estimate of drug-likeness (QED) is 0.909. The average Bonchev–Trinajstić information content (AvgIpc) is 2.74. The minimum Gasteiger partial charge on any atom is -0.365 e. The van der Waals surface area contributed by atoms with E-state index in [4.69, 9.17) is 0 Å². The minimum atomic E-state index is -4.28. The second-order valence-electron chi connectivity index (χ2n) is 6.09. The standard InChI is InChI=1S/C16H23F3N2/c1-10(2)21-12(8-11(3)20-4)9-13-14(16(17,18)19)6-5-7-15(13)21/h5-7,10-12,20H,8-9H2,1-4H3. The predicted octanol–water partition coefficient (Wildman–Crippen LogP) is 3.84. The fraction of sp³-hybridized carbons (Fsp3) is 0.625. The number of anilines is 1. The van der Waals surface area contributed by atoms with Gasteiger partial charge in [0.15, 0.2) is 0 Å². The van der Waals surface area contributed by atoms with E-state index in [2.05, 4.69) is 17.1 Å². The molecule has 1 N–H and O–H groups in total. The van der Waals surface area contributed by atoms with Crippen molar-refractivity contribution in [3.63, 3.8) is 0 Å². The van der Waals surface area contributed by atoms with Gasteiger partial charge in [-0.15, -0.1) is 0 Å². The summed E-state index contributed by atoms with van der Waals surface area (Å²) in [4.78, 5) is 2.14. The lowest BCUT2D eigenvalue weighted by molar-refractivity contribution is -0.138. The van der Waals surface area contributed by atoms with Crippen LogP contribution in [0.5, 0.6) is 0 Å². The van der Waals surface area contributed by atoms with Gasteiger partial charge in [-0.1, -0.05) is 6.07 Å². The van der Waals surface area contributed by atoms with Gasteiger partial charge in [0.25, 0.3) is 0 Å². The molecule has 0 aromatic heterocycles. The maximum Gasteiger partial charge on any atom is 0.416 e. The lowest BCUT2D eigenvalue weighted by Gasteiger charge is -2.33. The number of hydrogen-bond acceptors (Lipinski definition) is 2. The molecule has 0 bridgehead atoms. The van der Waals surface area contributed by atoms with Crippen molar-refractivity contribution in [2.24, 2.45) is 0 Å². The predicted molar refractivity (Wildman–Crippen MR) is 79.7 cm³/mol. The van der Waals surface area contributed by atoms with Crippen molar-refractivity contribution in [3.8, 4) is 0 Å². The van der Waals surface area contributed by atoms with E-state index in [1.54, 1.807) is 0 Å². The zero-order valence-electron chi connectivity index (χ0n) is 13.0. The van der Waals surface area contributed by atoms with Crippen LogP contribution >= 0.6 is 0 Å². The Balaban J connectivity index is 2.40. The summed E-state index contributed by atoms with van der Waals surface area (Å²) in [6.45, 7) is 6.13. The Hall–Kier alpha value is -1.23. The smallest absolute Gasteiger partial charge is 0.365 e. The second kappa shape index (κ2) is 5.87. The molecule has 0 fully saturated rings. The molecule has 0 saturated heterocycles. The van der Waals surface area contributed by atoms with Crippen LogP contribution in [-0.4, -0.2) is 25.2 Å². The Labute approximate surface area is 124 Å². The van der Waals surface area contributed by atoms with Crippen LogP contribution < -0.4 is 10.2 Å². The zero-order chi connectivity index (χ0) is 15.8. The van der Waals surface area contributed by atoms with Crippen LogP contribution in [-0.2, 0) is 12.6 Å². The number of alkyl halides is 3. The van der Waals surface area contributed by atoms with Gasteiger partial charge in [0.05, 0.1) is 5.56 Å². The van der Waals surface area contributed by atoms with Crippen LogP contribution in [0.2, 0.25) is 0 Å². The van der Waals surface area contributed by atoms with Crippen LogP contribution in [0.4, 0.5) is 18.9 Å². The number of hydrogen-bond donors (Lipinski definition) is 1. The Morgan fingerprint density at radius 2 is 1.95 bits per heavy atom. The van der Waals surface area contributed by atoms with Crippen molar-refractivity contribution in [3.05, 3.63) is 29.3 Å². The van der Waals surface area contributed by atoms with Gasteiger partial charge in [0.1, 0.15) is 0 Å². The number of nitrogens with one attached hydrogen (secondary N) is 1. The third-order valence-electron chi connectivity index (χ3n) is 4.24. The first-order valence-electron chi connectivity index (χ1n) is 7.40. The summed E-state index contributed by atoms with van der Waals surface area (Å²) in [5.74, 6) is 0. The minimum absolute atomic E-state index is 0.117. The van der Waals surface area contributed by atoms with Gasteiger partial charge in [0, 0.05) is 23.8 Å². The van der Waals surface area contributed by atoms with Crippen molar-refractivity contribution in [2.45, 2.75) is 57.9 Å². The highest BCUT2D eigenvalue weighted by atomic mass is 19.4. The van der Waals surface area contributed by atoms with E-state index in [1.165, 1.54) is 12.1 Å². The van der Waals surface area contributed by atoms with Gasteiger partial charge < -0.3 is 10.2 Å². The molecule has 1 aromatic rings. The highest BCUT2D eigenvalue weighted by molar-refractivity contribution is 5.63. The summed E-state index contributed by atoms with van der Waals surface area (Å²) >= 11 is 0. The van der Waals surface area contributed by atoms with E-state index in [-0.39, 0.29) is 18.1 Å². The molecule has 2 rings (SSSR count). The normalized spacial score (nSPS) is 20.0. The van der Waals surface area contributed by atoms with Crippen LogP contribution in [0.25, 0.3) is 0 Å². The van der Waals surface area contributed by atoms with Gasteiger partial charge in [0.2, 0.25) is 0 Å². The fourth-order valence-corrected chi connectivity index (χ4v) is 3.25. The fourth-order valence-electron chi connectivity index (χ4n) is 3.25. The molecular formula is C16H23F3N2. The average molecular weight is 300 g/mol. The SMILES string of the molecule is CNC(C)CC1Cc2c(cccc2C(F)(F)F)N1C(C)C. The van der Waals surface area contributed by atoms with Gasteiger partial charge >= 0.3 is 6.18 Å². The van der Waals surface area contributed by atoms with Gasteiger partial charge in [-0.2, -0.15) is 13.2 Å². The lowest BCUT2D eigenvalue weighted by atomic mass is 9.99. The van der Waals surface area contributed by atoms with Gasteiger partial charge in [-0.3, -0.25) is 0 Å². The first-order chi connectivity index (χ1) is 9.75. The third kappa shape index (κ3) is 3.18. The van der Waals surface area contributed by atoms with Crippen molar-refractivity contribution < 1.29 is 13.2 Å². The summed E-state index contributed by atoms with van der Waals surface area (Å²) in [6.07, 6.45) is -2.98. The van der Waals surface area contributed by atoms with Crippen LogP contribution in [0.3, 0.4) is 0 Å². The molecular weight excluding hydrogens is 277 g/mol. The number of nitrogens with zero attached hydrogens (tertiary/aromatic N) is 1. The van der Waals surface area contributed by atoms with Crippen molar-refractivity contribution in [2.75, 3.05) is 11.9 Å². The maximum atomic E-state index is 13.2. The van der Waals surface area contributed by atoms with E-state index >= 15 is 0 Å². The summed E-state index contributed by atoms with van der Waals surface area (Å²) in [6, 6.07) is 5.10. The molecule has 1 aromatic carbocycles. The summed E-state index contributed by atoms with van der Waals surface area (Å²) < 4.78 is 39.6. The topological polar surface area (TPSA) is 15.3 Å². The molecule has 2 unspecified atom stereocenters. The molecule has 0 amide bonds. The third-order valence-corrected chi connectivity index (χ3v) is 4.24. The molecule has 1 heterocycles. The summed E-state index contributed by atoms with van der Waals surface area (Å²) in [7, 11) is 1.88. The van der Waals surface area contributed by atoms with Crippen molar-refractivity contribution >= 4 is 5.69 Å². The largest absolute Gasteiger partial charge is 0.416 e. The highest BCUT2D eigenvalue weighted by Crippen LogP contribution is 2.43. The van der Waals surface area contributed by atoms with Crippen molar-refractivity contribution in [1.29, 1.82) is 0 Å². The summed E-state index contributed by atoms with van der Waals surface area (Å²) in [5, 5.41) is 3.17. The Bertz CT molecular complexity index is 497. The molecule has 0 aliphatic carbocycles.